The number of rotatable bonds is 2. The molecule has 5 heteroatoms. The summed E-state index contributed by atoms with van der Waals surface area (Å²) in [6, 6.07) is 4.42. The quantitative estimate of drug-likeness (QED) is 0.666. The maximum atomic E-state index is 11.5. The first kappa shape index (κ1) is 12.9. The summed E-state index contributed by atoms with van der Waals surface area (Å²) < 4.78 is 8.32. The lowest BCUT2D eigenvalue weighted by Crippen LogP contribution is -2.28. The monoisotopic (exact) mass is 278 g/mol. The molecule has 102 valence electrons. The molecule has 1 N–H and O–H groups in total. The minimum Gasteiger partial charge on any atom is -0.469 e. The molecule has 1 unspecified atom stereocenters. The van der Waals surface area contributed by atoms with Crippen LogP contribution < -0.4 is 4.72 Å². The maximum absolute atomic E-state index is 11.5. The Bertz CT molecular complexity index is 472. The van der Waals surface area contributed by atoms with Gasteiger partial charge in [0, 0.05) is 11.1 Å². The van der Waals surface area contributed by atoms with E-state index in [1.54, 1.807) is 11.9 Å². The molecular formula is C14H18N2O2S. The molecule has 1 fully saturated rings. The second-order valence-electron chi connectivity index (χ2n) is 5.22. The third kappa shape index (κ3) is 2.49. The van der Waals surface area contributed by atoms with Gasteiger partial charge in [0.2, 0.25) is 0 Å². The number of ether oxygens (including phenoxy) is 1. The van der Waals surface area contributed by atoms with Crippen molar-refractivity contribution >= 4 is 17.9 Å². The molecule has 0 radical (unpaired) electrons. The van der Waals surface area contributed by atoms with E-state index in [4.69, 9.17) is 4.74 Å². The number of nitrogens with one attached hydrogen (secondary N) is 1. The summed E-state index contributed by atoms with van der Waals surface area (Å²) in [5, 5.41) is 0. The zero-order valence-corrected chi connectivity index (χ0v) is 11.8. The van der Waals surface area contributed by atoms with Gasteiger partial charge in [-0.05, 0) is 55.7 Å². The number of carbonyl (C=O) groups excluding carboxylic acids is 1. The summed E-state index contributed by atoms with van der Waals surface area (Å²) in [4.78, 5) is 17.3. The van der Waals surface area contributed by atoms with Crippen molar-refractivity contribution in [2.45, 2.75) is 36.6 Å². The van der Waals surface area contributed by atoms with Gasteiger partial charge in [-0.3, -0.25) is 14.5 Å². The highest BCUT2D eigenvalue weighted by molar-refractivity contribution is 7.97. The van der Waals surface area contributed by atoms with E-state index in [0.29, 0.717) is 12.0 Å². The van der Waals surface area contributed by atoms with Gasteiger partial charge in [0.25, 0.3) is 0 Å². The summed E-state index contributed by atoms with van der Waals surface area (Å²) >= 11 is 1.68. The minimum atomic E-state index is -0.0502. The zero-order chi connectivity index (χ0) is 13.2. The molecule has 3 rings (SSSR count). The number of esters is 1. The molecule has 1 aromatic heterocycles. The van der Waals surface area contributed by atoms with Gasteiger partial charge in [0.05, 0.1) is 24.8 Å². The molecule has 0 bridgehead atoms. The number of aromatic nitrogens is 1. The molecule has 0 amide bonds. The molecular weight excluding hydrogens is 260 g/mol. The predicted octanol–water partition coefficient (Wildman–Crippen LogP) is 2.71. The van der Waals surface area contributed by atoms with Gasteiger partial charge in [-0.15, -0.1) is 0 Å². The molecule has 1 aliphatic carbocycles. The van der Waals surface area contributed by atoms with Gasteiger partial charge in [-0.2, -0.15) is 0 Å². The van der Waals surface area contributed by atoms with E-state index in [-0.39, 0.29) is 11.9 Å². The van der Waals surface area contributed by atoms with Crippen LogP contribution in [0.25, 0.3) is 0 Å². The average molecular weight is 278 g/mol. The van der Waals surface area contributed by atoms with Crippen LogP contribution in [-0.4, -0.2) is 18.1 Å². The fourth-order valence-electron chi connectivity index (χ4n) is 3.08. The fourth-order valence-corrected chi connectivity index (χ4v) is 4.07. The Kier molecular flexibility index (Phi) is 3.75. The predicted molar refractivity (Wildman–Crippen MR) is 73.4 cm³/mol. The lowest BCUT2D eigenvalue weighted by atomic mass is 9.78. The number of hydrogen-bond donors (Lipinski definition) is 1. The molecule has 1 atom stereocenters. The zero-order valence-electron chi connectivity index (χ0n) is 11.0. The summed E-state index contributed by atoms with van der Waals surface area (Å²) in [5.74, 6) is 0.619. The van der Waals surface area contributed by atoms with Crippen LogP contribution in [0.2, 0.25) is 0 Å². The highest BCUT2D eigenvalue weighted by Gasteiger charge is 2.35. The van der Waals surface area contributed by atoms with E-state index in [1.165, 1.54) is 17.7 Å². The van der Waals surface area contributed by atoms with Gasteiger partial charge in [0.15, 0.2) is 0 Å². The highest BCUT2D eigenvalue weighted by atomic mass is 32.2. The van der Waals surface area contributed by atoms with Crippen LogP contribution in [0.3, 0.4) is 0 Å². The van der Waals surface area contributed by atoms with Crippen molar-refractivity contribution < 1.29 is 9.53 Å². The Morgan fingerprint density at radius 3 is 2.95 bits per heavy atom. The van der Waals surface area contributed by atoms with Crippen LogP contribution >= 0.6 is 11.9 Å². The Labute approximate surface area is 117 Å². The molecule has 1 aliphatic heterocycles. The third-order valence-corrected chi connectivity index (χ3v) is 5.10. The Morgan fingerprint density at radius 1 is 1.42 bits per heavy atom. The first-order valence-electron chi connectivity index (χ1n) is 6.74. The van der Waals surface area contributed by atoms with Gasteiger partial charge in [-0.1, -0.05) is 0 Å². The lowest BCUT2D eigenvalue weighted by Gasteiger charge is -2.30. The largest absolute Gasteiger partial charge is 0.469 e. The van der Waals surface area contributed by atoms with Gasteiger partial charge in [-0.25, -0.2) is 0 Å². The molecule has 1 aromatic rings. The van der Waals surface area contributed by atoms with Crippen LogP contribution in [0.5, 0.6) is 0 Å². The van der Waals surface area contributed by atoms with E-state index in [2.05, 4.69) is 15.8 Å². The van der Waals surface area contributed by atoms with E-state index in [1.807, 2.05) is 12.3 Å². The number of carbonyl (C=O) groups is 1. The Hall–Kier alpha value is -1.07. The van der Waals surface area contributed by atoms with Crippen LogP contribution in [-0.2, 0) is 9.53 Å². The summed E-state index contributed by atoms with van der Waals surface area (Å²) in [7, 11) is 1.48. The third-order valence-electron chi connectivity index (χ3n) is 4.17. The average Bonchev–Trinajstić information content (AvgIpc) is 2.90. The number of methoxy groups -OCH3 is 1. The van der Waals surface area contributed by atoms with Gasteiger partial charge in [0.1, 0.15) is 0 Å². The molecule has 19 heavy (non-hydrogen) atoms. The highest BCUT2D eigenvalue weighted by Crippen LogP contribution is 2.43. The van der Waals surface area contributed by atoms with Gasteiger partial charge < -0.3 is 4.74 Å². The number of fused-ring (bicyclic) bond motifs is 1. The minimum absolute atomic E-state index is 0.0502. The summed E-state index contributed by atoms with van der Waals surface area (Å²) in [5.41, 5.74) is 1.18. The number of hydrogen-bond acceptors (Lipinski definition) is 5. The van der Waals surface area contributed by atoms with E-state index in [0.717, 1.165) is 25.7 Å². The number of pyridine rings is 1. The second-order valence-corrected chi connectivity index (χ2v) is 6.10. The van der Waals surface area contributed by atoms with Crippen LogP contribution in [0, 0.1) is 11.8 Å². The van der Waals surface area contributed by atoms with Crippen molar-refractivity contribution in [3.05, 3.63) is 24.0 Å². The second kappa shape index (κ2) is 5.51. The van der Waals surface area contributed by atoms with Crippen molar-refractivity contribution in [1.82, 2.24) is 9.71 Å². The van der Waals surface area contributed by atoms with E-state index < -0.39 is 0 Å². The van der Waals surface area contributed by atoms with Gasteiger partial charge >= 0.3 is 5.97 Å². The molecule has 0 aromatic carbocycles. The Balaban J connectivity index is 1.65. The normalized spacial score (nSPS) is 29.8. The first-order chi connectivity index (χ1) is 9.29. The summed E-state index contributed by atoms with van der Waals surface area (Å²) in [6.45, 7) is 0. The SMILES string of the molecule is COC(=O)[C@H]1CC[C@H](C2NSc3cccnc32)CC1. The maximum Gasteiger partial charge on any atom is 0.308 e. The molecule has 2 heterocycles. The lowest BCUT2D eigenvalue weighted by molar-refractivity contribution is -0.146. The van der Waals surface area contributed by atoms with E-state index >= 15 is 0 Å². The molecule has 2 aliphatic rings. The van der Waals surface area contributed by atoms with Crippen molar-refractivity contribution in [2.75, 3.05) is 7.11 Å². The molecule has 1 saturated carbocycles. The van der Waals surface area contributed by atoms with Crippen molar-refractivity contribution in [1.29, 1.82) is 0 Å². The fraction of sp³-hybridized carbons (Fsp3) is 0.571. The van der Waals surface area contributed by atoms with Crippen LogP contribution in [0.15, 0.2) is 23.2 Å². The van der Waals surface area contributed by atoms with Crippen molar-refractivity contribution in [3.63, 3.8) is 0 Å². The summed E-state index contributed by atoms with van der Waals surface area (Å²) in [6.07, 6.45) is 5.85. The van der Waals surface area contributed by atoms with Crippen LogP contribution in [0.1, 0.15) is 37.4 Å². The molecule has 0 saturated heterocycles. The van der Waals surface area contributed by atoms with Crippen molar-refractivity contribution in [2.24, 2.45) is 11.8 Å². The standard InChI is InChI=1S/C14H18N2O2S/c1-18-14(17)10-6-4-9(5-7-10)12-13-11(19-16-12)3-2-8-15-13/h2-3,8-10,12,16H,4-7H2,1H3/t9-,10-,12?. The Morgan fingerprint density at radius 2 is 2.21 bits per heavy atom. The molecule has 4 nitrogen and oxygen atoms in total. The smallest absolute Gasteiger partial charge is 0.308 e. The topological polar surface area (TPSA) is 51.2 Å². The first-order valence-corrected chi connectivity index (χ1v) is 7.56. The number of nitrogens with zero attached hydrogens (tertiary/aromatic N) is 1. The van der Waals surface area contributed by atoms with Crippen LogP contribution in [0.4, 0.5) is 0 Å². The van der Waals surface area contributed by atoms with E-state index in [9.17, 15) is 4.79 Å². The van der Waals surface area contributed by atoms with Crippen molar-refractivity contribution in [3.8, 4) is 0 Å². The molecule has 0 spiro atoms.